The van der Waals surface area contributed by atoms with Gasteiger partial charge in [0.25, 0.3) is 0 Å². The number of carbonyl (C=O) groups is 2. The summed E-state index contributed by atoms with van der Waals surface area (Å²) in [4.78, 5) is 22.9. The summed E-state index contributed by atoms with van der Waals surface area (Å²) in [5, 5.41) is 11.4. The Morgan fingerprint density at radius 2 is 2.41 bits per heavy atom. The molecule has 0 aromatic carbocycles. The van der Waals surface area contributed by atoms with Crippen molar-refractivity contribution in [3.63, 3.8) is 0 Å². The van der Waals surface area contributed by atoms with Gasteiger partial charge in [0.15, 0.2) is 0 Å². The second-order valence-corrected chi connectivity index (χ2v) is 4.43. The van der Waals surface area contributed by atoms with Crippen LogP contribution in [0.3, 0.4) is 0 Å². The van der Waals surface area contributed by atoms with E-state index < -0.39 is 29.4 Å². The minimum Gasteiger partial charge on any atom is -0.480 e. The lowest BCUT2D eigenvalue weighted by Gasteiger charge is -2.27. The van der Waals surface area contributed by atoms with Gasteiger partial charge in [-0.15, -0.1) is 6.58 Å². The Kier molecular flexibility index (Phi) is 4.25. The standard InChI is InChI=1S/C11H18N2O4/c1-3-4-7(9(14)15)13-10(16)11(2)6-17-5-8(11)12/h3,7-8H,1,4-6,12H2,2H3,(H,13,16)(H,14,15). The van der Waals surface area contributed by atoms with Crippen LogP contribution in [0.5, 0.6) is 0 Å². The van der Waals surface area contributed by atoms with Crippen LogP contribution in [-0.2, 0) is 14.3 Å². The number of nitrogens with one attached hydrogen (secondary N) is 1. The molecule has 4 N–H and O–H groups in total. The van der Waals surface area contributed by atoms with Gasteiger partial charge in [0.05, 0.1) is 18.6 Å². The highest BCUT2D eigenvalue weighted by Gasteiger charge is 2.45. The summed E-state index contributed by atoms with van der Waals surface area (Å²) in [6.45, 7) is 5.65. The van der Waals surface area contributed by atoms with Gasteiger partial charge >= 0.3 is 5.97 Å². The summed E-state index contributed by atoms with van der Waals surface area (Å²) in [6.07, 6.45) is 1.62. The SMILES string of the molecule is C=CCC(NC(=O)C1(C)COCC1N)C(=O)O. The van der Waals surface area contributed by atoms with Gasteiger partial charge in [0.2, 0.25) is 5.91 Å². The number of amides is 1. The zero-order valence-electron chi connectivity index (χ0n) is 9.81. The van der Waals surface area contributed by atoms with Crippen LogP contribution in [0.15, 0.2) is 12.7 Å². The van der Waals surface area contributed by atoms with Crippen LogP contribution >= 0.6 is 0 Å². The molecular weight excluding hydrogens is 224 g/mol. The van der Waals surface area contributed by atoms with Gasteiger partial charge in [-0.05, 0) is 13.3 Å². The van der Waals surface area contributed by atoms with Gasteiger partial charge < -0.3 is 20.9 Å². The molecule has 1 heterocycles. The Balaban J connectivity index is 2.70. The zero-order valence-corrected chi connectivity index (χ0v) is 9.81. The van der Waals surface area contributed by atoms with Gasteiger partial charge in [0, 0.05) is 6.04 Å². The first-order valence-corrected chi connectivity index (χ1v) is 5.40. The molecule has 1 saturated heterocycles. The zero-order chi connectivity index (χ0) is 13.1. The van der Waals surface area contributed by atoms with E-state index in [4.69, 9.17) is 15.6 Å². The number of nitrogens with two attached hydrogens (primary N) is 1. The first-order chi connectivity index (χ1) is 7.91. The van der Waals surface area contributed by atoms with Crippen LogP contribution in [-0.4, -0.2) is 42.3 Å². The molecule has 0 radical (unpaired) electrons. The average molecular weight is 242 g/mol. The molecule has 1 aliphatic heterocycles. The predicted molar refractivity (Wildman–Crippen MR) is 61.3 cm³/mol. The first-order valence-electron chi connectivity index (χ1n) is 5.40. The number of hydrogen-bond acceptors (Lipinski definition) is 4. The maximum atomic E-state index is 12.0. The second-order valence-electron chi connectivity index (χ2n) is 4.43. The van der Waals surface area contributed by atoms with Crippen LogP contribution in [0, 0.1) is 5.41 Å². The fourth-order valence-electron chi connectivity index (χ4n) is 1.63. The third-order valence-electron chi connectivity index (χ3n) is 3.04. The van der Waals surface area contributed by atoms with E-state index in [9.17, 15) is 9.59 Å². The molecule has 3 unspecified atom stereocenters. The topological polar surface area (TPSA) is 102 Å². The number of rotatable bonds is 5. The Hall–Kier alpha value is -1.40. The van der Waals surface area contributed by atoms with E-state index >= 15 is 0 Å². The maximum Gasteiger partial charge on any atom is 0.326 e. The molecule has 0 aromatic rings. The summed E-state index contributed by atoms with van der Waals surface area (Å²) >= 11 is 0. The van der Waals surface area contributed by atoms with Crippen LogP contribution in [0.2, 0.25) is 0 Å². The highest BCUT2D eigenvalue weighted by atomic mass is 16.5. The van der Waals surface area contributed by atoms with E-state index in [1.807, 2.05) is 0 Å². The summed E-state index contributed by atoms with van der Waals surface area (Å²) in [6, 6.07) is -1.38. The van der Waals surface area contributed by atoms with Crippen LogP contribution in [0.4, 0.5) is 0 Å². The molecule has 0 bridgehead atoms. The lowest BCUT2D eigenvalue weighted by atomic mass is 9.84. The van der Waals surface area contributed by atoms with E-state index in [1.165, 1.54) is 6.08 Å². The Bertz CT molecular complexity index is 331. The van der Waals surface area contributed by atoms with E-state index in [0.29, 0.717) is 6.61 Å². The third-order valence-corrected chi connectivity index (χ3v) is 3.04. The molecule has 17 heavy (non-hydrogen) atoms. The molecule has 96 valence electrons. The Morgan fingerprint density at radius 3 is 2.82 bits per heavy atom. The number of hydrogen-bond donors (Lipinski definition) is 3. The molecule has 0 saturated carbocycles. The van der Waals surface area contributed by atoms with Gasteiger partial charge in [-0.3, -0.25) is 4.79 Å². The number of ether oxygens (including phenoxy) is 1. The second kappa shape index (κ2) is 5.29. The molecule has 1 rings (SSSR count). The number of carbonyl (C=O) groups excluding carboxylic acids is 1. The van der Waals surface area contributed by atoms with Crippen molar-refractivity contribution >= 4 is 11.9 Å². The highest BCUT2D eigenvalue weighted by Crippen LogP contribution is 2.27. The monoisotopic (exact) mass is 242 g/mol. The van der Waals surface area contributed by atoms with Gasteiger partial charge in [-0.25, -0.2) is 4.79 Å². The van der Waals surface area contributed by atoms with Gasteiger partial charge in [-0.2, -0.15) is 0 Å². The average Bonchev–Trinajstić information content (AvgIpc) is 2.59. The van der Waals surface area contributed by atoms with Crippen molar-refractivity contribution in [3.05, 3.63) is 12.7 Å². The van der Waals surface area contributed by atoms with Crippen molar-refractivity contribution < 1.29 is 19.4 Å². The number of carboxylic acid groups (broad SMARTS) is 1. The van der Waals surface area contributed by atoms with Crippen LogP contribution in [0.1, 0.15) is 13.3 Å². The molecule has 1 aliphatic rings. The largest absolute Gasteiger partial charge is 0.480 e. The molecule has 0 aliphatic carbocycles. The summed E-state index contributed by atoms with van der Waals surface area (Å²) in [7, 11) is 0. The van der Waals surface area contributed by atoms with Crippen molar-refractivity contribution in [3.8, 4) is 0 Å². The maximum absolute atomic E-state index is 12.0. The van der Waals surface area contributed by atoms with Crippen LogP contribution < -0.4 is 11.1 Å². The van der Waals surface area contributed by atoms with Gasteiger partial charge in [-0.1, -0.05) is 6.08 Å². The van der Waals surface area contributed by atoms with Crippen molar-refractivity contribution in [1.29, 1.82) is 0 Å². The lowest BCUT2D eigenvalue weighted by molar-refractivity contribution is -0.143. The Morgan fingerprint density at radius 1 is 1.76 bits per heavy atom. The predicted octanol–water partition coefficient (Wildman–Crippen LogP) is -0.504. The van der Waals surface area contributed by atoms with Crippen molar-refractivity contribution in [2.24, 2.45) is 11.1 Å². The number of carboxylic acids is 1. The fraction of sp³-hybridized carbons (Fsp3) is 0.636. The van der Waals surface area contributed by atoms with E-state index in [-0.39, 0.29) is 13.0 Å². The lowest BCUT2D eigenvalue weighted by Crippen LogP contribution is -2.53. The van der Waals surface area contributed by atoms with Gasteiger partial charge in [0.1, 0.15) is 6.04 Å². The third kappa shape index (κ3) is 2.83. The molecular formula is C11H18N2O4. The molecule has 6 nitrogen and oxygen atoms in total. The molecule has 6 heteroatoms. The van der Waals surface area contributed by atoms with E-state index in [0.717, 1.165) is 0 Å². The molecule has 1 amide bonds. The quantitative estimate of drug-likeness (QED) is 0.564. The highest BCUT2D eigenvalue weighted by molar-refractivity contribution is 5.88. The van der Waals surface area contributed by atoms with Crippen LogP contribution in [0.25, 0.3) is 0 Å². The van der Waals surface area contributed by atoms with E-state index in [1.54, 1.807) is 6.92 Å². The molecule has 0 aromatic heterocycles. The van der Waals surface area contributed by atoms with Crippen molar-refractivity contribution in [2.45, 2.75) is 25.4 Å². The summed E-state index contributed by atoms with van der Waals surface area (Å²) < 4.78 is 5.14. The summed E-state index contributed by atoms with van der Waals surface area (Å²) in [5.74, 6) is -1.48. The minimum atomic E-state index is -1.09. The number of aliphatic carboxylic acids is 1. The summed E-state index contributed by atoms with van der Waals surface area (Å²) in [5.41, 5.74) is 4.92. The molecule has 1 fully saturated rings. The minimum absolute atomic E-state index is 0.174. The normalized spacial score (nSPS) is 29.6. The van der Waals surface area contributed by atoms with Crippen molar-refractivity contribution in [2.75, 3.05) is 13.2 Å². The Labute approximate surface area is 99.8 Å². The first kappa shape index (κ1) is 13.7. The molecule has 3 atom stereocenters. The smallest absolute Gasteiger partial charge is 0.326 e. The molecule has 0 spiro atoms. The van der Waals surface area contributed by atoms with E-state index in [2.05, 4.69) is 11.9 Å². The fourth-order valence-corrected chi connectivity index (χ4v) is 1.63. The van der Waals surface area contributed by atoms with Crippen molar-refractivity contribution in [1.82, 2.24) is 5.32 Å².